The van der Waals surface area contributed by atoms with Gasteiger partial charge in [-0.2, -0.15) is 0 Å². The van der Waals surface area contributed by atoms with Gasteiger partial charge >= 0.3 is 0 Å². The molecule has 0 spiro atoms. The summed E-state index contributed by atoms with van der Waals surface area (Å²) in [6.45, 7) is 4.85. The highest BCUT2D eigenvalue weighted by atomic mass is 16.2. The lowest BCUT2D eigenvalue weighted by atomic mass is 10.1. The van der Waals surface area contributed by atoms with Crippen LogP contribution in [0.2, 0.25) is 0 Å². The zero-order valence-electron chi connectivity index (χ0n) is 13.2. The van der Waals surface area contributed by atoms with Crippen molar-refractivity contribution in [1.29, 1.82) is 0 Å². The fourth-order valence-electron chi connectivity index (χ4n) is 2.29. The third kappa shape index (κ3) is 4.36. The van der Waals surface area contributed by atoms with E-state index in [0.717, 1.165) is 30.6 Å². The molecule has 0 bridgehead atoms. The molecule has 2 rings (SSSR count). The van der Waals surface area contributed by atoms with Crippen LogP contribution in [0.1, 0.15) is 38.7 Å². The first-order chi connectivity index (χ1) is 10.6. The summed E-state index contributed by atoms with van der Waals surface area (Å²) in [5.74, 6) is 6.12. The molecule has 1 aliphatic heterocycles. The molecular formula is C18H22N2O2. The van der Waals surface area contributed by atoms with Crippen LogP contribution in [0.15, 0.2) is 24.3 Å². The predicted octanol–water partition coefficient (Wildman–Crippen LogP) is 2.33. The fraction of sp³-hybridized carbons (Fsp3) is 0.444. The Hall–Kier alpha value is -2.28. The lowest BCUT2D eigenvalue weighted by Crippen LogP contribution is -2.35. The van der Waals surface area contributed by atoms with E-state index in [4.69, 9.17) is 0 Å². The summed E-state index contributed by atoms with van der Waals surface area (Å²) in [6, 6.07) is 7.68. The summed E-state index contributed by atoms with van der Waals surface area (Å²) < 4.78 is 0. The average molecular weight is 298 g/mol. The number of hydrogen-bond donors (Lipinski definition) is 1. The lowest BCUT2D eigenvalue weighted by molar-refractivity contribution is -0.123. The Morgan fingerprint density at radius 1 is 1.27 bits per heavy atom. The molecule has 1 fully saturated rings. The third-order valence-corrected chi connectivity index (χ3v) is 3.61. The van der Waals surface area contributed by atoms with Crippen molar-refractivity contribution < 1.29 is 9.59 Å². The molecular weight excluding hydrogens is 276 g/mol. The molecule has 1 N–H and O–H groups in total. The molecule has 22 heavy (non-hydrogen) atoms. The van der Waals surface area contributed by atoms with Crippen molar-refractivity contribution in [2.45, 2.75) is 33.1 Å². The second-order valence-corrected chi connectivity index (χ2v) is 5.72. The molecule has 0 saturated carbocycles. The van der Waals surface area contributed by atoms with Crippen LogP contribution in [-0.4, -0.2) is 24.9 Å². The van der Waals surface area contributed by atoms with E-state index in [0.29, 0.717) is 13.0 Å². The number of piperidine rings is 1. The minimum Gasteiger partial charge on any atom is -0.345 e. The number of rotatable bonds is 3. The molecule has 116 valence electrons. The van der Waals surface area contributed by atoms with Crippen LogP contribution in [0.4, 0.5) is 5.69 Å². The van der Waals surface area contributed by atoms with Crippen molar-refractivity contribution in [3.05, 3.63) is 29.8 Å². The van der Waals surface area contributed by atoms with Gasteiger partial charge in [-0.1, -0.05) is 25.7 Å². The summed E-state index contributed by atoms with van der Waals surface area (Å²) in [4.78, 5) is 25.1. The maximum atomic E-state index is 11.9. The monoisotopic (exact) mass is 298 g/mol. The van der Waals surface area contributed by atoms with Crippen LogP contribution in [0.25, 0.3) is 0 Å². The number of nitrogens with zero attached hydrogens (tertiary/aromatic N) is 1. The van der Waals surface area contributed by atoms with Gasteiger partial charge < -0.3 is 10.2 Å². The molecule has 0 aromatic heterocycles. The molecule has 1 aliphatic rings. The molecule has 0 aliphatic carbocycles. The minimum atomic E-state index is -0.0248. The van der Waals surface area contributed by atoms with Crippen LogP contribution in [0, 0.1) is 17.8 Å². The van der Waals surface area contributed by atoms with E-state index < -0.39 is 0 Å². The van der Waals surface area contributed by atoms with Crippen molar-refractivity contribution in [2.24, 2.45) is 5.92 Å². The van der Waals surface area contributed by atoms with Crippen LogP contribution in [-0.2, 0) is 9.59 Å². The molecule has 1 saturated heterocycles. The standard InChI is InChI=1S/C18H22N2O2/c1-14(2)18(22)19-12-5-6-15-8-10-16(11-9-15)20-13-4-3-7-17(20)21/h8-11,14H,3-4,7,12-13H2,1-2H3,(H,19,22). The lowest BCUT2D eigenvalue weighted by Gasteiger charge is -2.26. The van der Waals surface area contributed by atoms with Gasteiger partial charge in [0.2, 0.25) is 11.8 Å². The topological polar surface area (TPSA) is 49.4 Å². The highest BCUT2D eigenvalue weighted by molar-refractivity contribution is 5.94. The SMILES string of the molecule is CC(C)C(=O)NCC#Cc1ccc(N2CCCCC2=O)cc1. The number of anilines is 1. The number of carbonyl (C=O) groups excluding carboxylic acids is 2. The Labute approximate surface area is 131 Å². The van der Waals surface area contributed by atoms with Crippen LogP contribution >= 0.6 is 0 Å². The van der Waals surface area contributed by atoms with Gasteiger partial charge in [0.15, 0.2) is 0 Å². The minimum absolute atomic E-state index is 0.00765. The Balaban J connectivity index is 1.92. The summed E-state index contributed by atoms with van der Waals surface area (Å²) in [5, 5.41) is 2.76. The highest BCUT2D eigenvalue weighted by Crippen LogP contribution is 2.20. The summed E-state index contributed by atoms with van der Waals surface area (Å²) in [5.41, 5.74) is 1.82. The van der Waals surface area contributed by atoms with E-state index in [1.54, 1.807) is 0 Å². The molecule has 2 amide bonds. The van der Waals surface area contributed by atoms with Gasteiger partial charge in [-0.3, -0.25) is 9.59 Å². The largest absolute Gasteiger partial charge is 0.345 e. The number of amides is 2. The predicted molar refractivity (Wildman–Crippen MR) is 87.4 cm³/mol. The summed E-state index contributed by atoms with van der Waals surface area (Å²) in [7, 11) is 0. The molecule has 1 aromatic rings. The normalized spacial score (nSPS) is 14.5. The maximum Gasteiger partial charge on any atom is 0.226 e. The average Bonchev–Trinajstić information content (AvgIpc) is 2.52. The van der Waals surface area contributed by atoms with Gasteiger partial charge in [0, 0.05) is 30.1 Å². The van der Waals surface area contributed by atoms with E-state index in [1.165, 1.54) is 0 Å². The molecule has 4 heteroatoms. The van der Waals surface area contributed by atoms with E-state index >= 15 is 0 Å². The Kier molecular flexibility index (Phi) is 5.60. The van der Waals surface area contributed by atoms with E-state index in [2.05, 4.69) is 17.2 Å². The quantitative estimate of drug-likeness (QED) is 0.871. The molecule has 0 atom stereocenters. The number of nitrogens with one attached hydrogen (secondary N) is 1. The highest BCUT2D eigenvalue weighted by Gasteiger charge is 2.19. The van der Waals surface area contributed by atoms with E-state index in [1.807, 2.05) is 43.0 Å². The second kappa shape index (κ2) is 7.65. The first-order valence-electron chi connectivity index (χ1n) is 7.75. The Morgan fingerprint density at radius 2 is 2.00 bits per heavy atom. The Bertz CT molecular complexity index is 594. The number of benzene rings is 1. The van der Waals surface area contributed by atoms with Gasteiger partial charge in [0.05, 0.1) is 6.54 Å². The number of carbonyl (C=O) groups is 2. The third-order valence-electron chi connectivity index (χ3n) is 3.61. The zero-order chi connectivity index (χ0) is 15.9. The van der Waals surface area contributed by atoms with Gasteiger partial charge in [-0.15, -0.1) is 0 Å². The number of hydrogen-bond acceptors (Lipinski definition) is 2. The second-order valence-electron chi connectivity index (χ2n) is 5.72. The first-order valence-corrected chi connectivity index (χ1v) is 7.75. The fourth-order valence-corrected chi connectivity index (χ4v) is 2.29. The van der Waals surface area contributed by atoms with Gasteiger partial charge in [-0.25, -0.2) is 0 Å². The maximum absolute atomic E-state index is 11.9. The van der Waals surface area contributed by atoms with Crippen molar-refractivity contribution in [1.82, 2.24) is 5.32 Å². The molecule has 0 unspecified atom stereocenters. The van der Waals surface area contributed by atoms with Crippen molar-refractivity contribution >= 4 is 17.5 Å². The molecule has 1 heterocycles. The molecule has 0 radical (unpaired) electrons. The Morgan fingerprint density at radius 3 is 2.64 bits per heavy atom. The summed E-state index contributed by atoms with van der Waals surface area (Å²) >= 11 is 0. The smallest absolute Gasteiger partial charge is 0.226 e. The zero-order valence-corrected chi connectivity index (χ0v) is 13.2. The van der Waals surface area contributed by atoms with Gasteiger partial charge in [0.1, 0.15) is 0 Å². The summed E-state index contributed by atoms with van der Waals surface area (Å²) in [6.07, 6.45) is 2.68. The van der Waals surface area contributed by atoms with Crippen LogP contribution < -0.4 is 10.2 Å². The first kappa shape index (κ1) is 16.1. The van der Waals surface area contributed by atoms with Crippen LogP contribution in [0.5, 0.6) is 0 Å². The van der Waals surface area contributed by atoms with Crippen molar-refractivity contribution in [2.75, 3.05) is 18.0 Å². The molecule has 4 nitrogen and oxygen atoms in total. The van der Waals surface area contributed by atoms with Crippen molar-refractivity contribution in [3.63, 3.8) is 0 Å². The van der Waals surface area contributed by atoms with E-state index in [9.17, 15) is 9.59 Å². The molecule has 1 aromatic carbocycles. The van der Waals surface area contributed by atoms with Gasteiger partial charge in [0.25, 0.3) is 0 Å². The van der Waals surface area contributed by atoms with Gasteiger partial charge in [-0.05, 0) is 37.1 Å². The van der Waals surface area contributed by atoms with Crippen LogP contribution in [0.3, 0.4) is 0 Å². The van der Waals surface area contributed by atoms with Crippen molar-refractivity contribution in [3.8, 4) is 11.8 Å². The van der Waals surface area contributed by atoms with E-state index in [-0.39, 0.29) is 17.7 Å².